The highest BCUT2D eigenvalue weighted by Gasteiger charge is 2.24. The van der Waals surface area contributed by atoms with Gasteiger partial charge >= 0.3 is 6.03 Å². The molecular formula is C13H18N4O3S. The van der Waals surface area contributed by atoms with Gasteiger partial charge in [0.25, 0.3) is 0 Å². The zero-order chi connectivity index (χ0) is 14.9. The number of nitrogens with zero attached hydrogens (tertiary/aromatic N) is 2. The second-order valence-electron chi connectivity index (χ2n) is 5.46. The maximum atomic E-state index is 12.0. The first-order valence-electron chi connectivity index (χ1n) is 7.05. The van der Waals surface area contributed by atoms with E-state index in [-0.39, 0.29) is 5.75 Å². The van der Waals surface area contributed by atoms with Crippen molar-refractivity contribution in [2.24, 2.45) is 0 Å². The van der Waals surface area contributed by atoms with Crippen molar-refractivity contribution in [2.45, 2.75) is 37.8 Å². The summed E-state index contributed by atoms with van der Waals surface area (Å²) in [5, 5.41) is 10.8. The van der Waals surface area contributed by atoms with Crippen LogP contribution in [0.4, 0.5) is 10.6 Å². The number of hydrogen-bond donors (Lipinski definition) is 2. The molecule has 0 spiro atoms. The number of carbonyl (C=O) groups excluding carboxylic acids is 1. The minimum atomic E-state index is -3.16. The molecule has 2 N–H and O–H groups in total. The Kier molecular flexibility index (Phi) is 3.71. The van der Waals surface area contributed by atoms with Crippen LogP contribution in [0.15, 0.2) is 23.7 Å². The van der Waals surface area contributed by atoms with E-state index < -0.39 is 21.9 Å². The van der Waals surface area contributed by atoms with Crippen LogP contribution in [0.2, 0.25) is 0 Å². The van der Waals surface area contributed by atoms with E-state index in [1.54, 1.807) is 12.3 Å². The summed E-state index contributed by atoms with van der Waals surface area (Å²) in [6.45, 7) is 0. The maximum absolute atomic E-state index is 12.0. The number of nitrogens with one attached hydrogen (secondary N) is 2. The largest absolute Gasteiger partial charge is 0.331 e. The lowest BCUT2D eigenvalue weighted by molar-refractivity contribution is 0.250. The average Bonchev–Trinajstić information content (AvgIpc) is 3.09. The Morgan fingerprint density at radius 3 is 2.76 bits per heavy atom. The second kappa shape index (κ2) is 5.51. The van der Waals surface area contributed by atoms with Crippen molar-refractivity contribution >= 4 is 21.7 Å². The van der Waals surface area contributed by atoms with Gasteiger partial charge in [-0.1, -0.05) is 12.8 Å². The first kappa shape index (κ1) is 14.1. The Morgan fingerprint density at radius 2 is 2.10 bits per heavy atom. The summed E-state index contributed by atoms with van der Waals surface area (Å²) in [6, 6.07) is 1.19. The van der Waals surface area contributed by atoms with Crippen LogP contribution in [0.25, 0.3) is 0 Å². The molecule has 0 bridgehead atoms. The number of urea groups is 1. The third-order valence-corrected chi connectivity index (χ3v) is 5.22. The lowest BCUT2D eigenvalue weighted by Gasteiger charge is -2.16. The lowest BCUT2D eigenvalue weighted by Crippen LogP contribution is -2.39. The van der Waals surface area contributed by atoms with Crippen LogP contribution < -0.4 is 10.6 Å². The van der Waals surface area contributed by atoms with E-state index in [0.717, 1.165) is 18.2 Å². The fourth-order valence-corrected chi connectivity index (χ4v) is 4.07. The lowest BCUT2D eigenvalue weighted by atomic mass is 10.2. The molecule has 0 unspecified atom stereocenters. The van der Waals surface area contributed by atoms with E-state index in [4.69, 9.17) is 0 Å². The molecule has 1 aliphatic heterocycles. The van der Waals surface area contributed by atoms with Crippen molar-refractivity contribution in [2.75, 3.05) is 11.1 Å². The smallest absolute Gasteiger partial charge is 0.320 e. The van der Waals surface area contributed by atoms with Gasteiger partial charge in [0.2, 0.25) is 0 Å². The SMILES string of the molecule is O=C(Nc1ccnn1C1CCCC1)N[C@H]1C=CS(=O)(=O)C1. The number of amides is 2. The Labute approximate surface area is 123 Å². The average molecular weight is 310 g/mol. The van der Waals surface area contributed by atoms with Crippen LogP contribution in [0, 0.1) is 0 Å². The van der Waals surface area contributed by atoms with Gasteiger partial charge in [0.1, 0.15) is 5.82 Å². The molecule has 2 amide bonds. The maximum Gasteiger partial charge on any atom is 0.320 e. The molecule has 8 heteroatoms. The molecule has 1 fully saturated rings. The third kappa shape index (κ3) is 3.26. The molecule has 0 radical (unpaired) electrons. The van der Waals surface area contributed by atoms with Gasteiger partial charge in [0.15, 0.2) is 9.84 Å². The van der Waals surface area contributed by atoms with Crippen LogP contribution >= 0.6 is 0 Å². The summed E-state index contributed by atoms with van der Waals surface area (Å²) in [5.74, 6) is 0.562. The topological polar surface area (TPSA) is 93.1 Å². The number of carbonyl (C=O) groups is 1. The monoisotopic (exact) mass is 310 g/mol. The zero-order valence-electron chi connectivity index (χ0n) is 11.5. The van der Waals surface area contributed by atoms with E-state index in [2.05, 4.69) is 15.7 Å². The summed E-state index contributed by atoms with van der Waals surface area (Å²) in [5.41, 5.74) is 0. The number of sulfone groups is 1. The summed E-state index contributed by atoms with van der Waals surface area (Å²) < 4.78 is 24.4. The summed E-state index contributed by atoms with van der Waals surface area (Å²) in [4.78, 5) is 12.0. The number of anilines is 1. The van der Waals surface area contributed by atoms with E-state index in [1.807, 2.05) is 4.68 Å². The second-order valence-corrected chi connectivity index (χ2v) is 7.39. The summed E-state index contributed by atoms with van der Waals surface area (Å²) in [7, 11) is -3.16. The third-order valence-electron chi connectivity index (χ3n) is 3.83. The molecule has 1 aliphatic carbocycles. The van der Waals surface area contributed by atoms with E-state index in [1.165, 1.54) is 18.9 Å². The molecule has 0 aromatic carbocycles. The molecule has 1 aromatic heterocycles. The number of aromatic nitrogens is 2. The van der Waals surface area contributed by atoms with E-state index >= 15 is 0 Å². The first-order valence-corrected chi connectivity index (χ1v) is 8.77. The highest BCUT2D eigenvalue weighted by atomic mass is 32.2. The Balaban J connectivity index is 1.61. The van der Waals surface area contributed by atoms with Gasteiger partial charge in [0, 0.05) is 11.5 Å². The molecule has 0 saturated heterocycles. The van der Waals surface area contributed by atoms with Crippen LogP contribution in [-0.4, -0.2) is 36.0 Å². The number of rotatable bonds is 3. The standard InChI is InChI=1S/C13H18N4O3S/c18-13(15-10-6-8-21(19,20)9-10)16-12-5-7-14-17(12)11-3-1-2-4-11/h5-8,10-11H,1-4,9H2,(H2,15,16,18)/t10-/m0/s1. The molecule has 7 nitrogen and oxygen atoms in total. The molecule has 3 rings (SSSR count). The molecule has 21 heavy (non-hydrogen) atoms. The van der Waals surface area contributed by atoms with Crippen LogP contribution in [-0.2, 0) is 9.84 Å². The van der Waals surface area contributed by atoms with Crippen LogP contribution in [0.5, 0.6) is 0 Å². The molecule has 2 heterocycles. The molecular weight excluding hydrogens is 292 g/mol. The van der Waals surface area contributed by atoms with Gasteiger partial charge in [-0.2, -0.15) is 5.10 Å². The number of hydrogen-bond acceptors (Lipinski definition) is 4. The van der Waals surface area contributed by atoms with Crippen LogP contribution in [0.3, 0.4) is 0 Å². The van der Waals surface area contributed by atoms with Crippen molar-refractivity contribution in [3.8, 4) is 0 Å². The van der Waals surface area contributed by atoms with Crippen molar-refractivity contribution in [1.29, 1.82) is 0 Å². The van der Waals surface area contributed by atoms with E-state index in [9.17, 15) is 13.2 Å². The van der Waals surface area contributed by atoms with Gasteiger partial charge in [-0.25, -0.2) is 17.9 Å². The molecule has 1 aromatic rings. The predicted octanol–water partition coefficient (Wildman–Crippen LogP) is 1.43. The predicted molar refractivity (Wildman–Crippen MR) is 78.6 cm³/mol. The Hall–Kier alpha value is -1.83. The fraction of sp³-hybridized carbons (Fsp3) is 0.538. The molecule has 2 aliphatic rings. The minimum Gasteiger partial charge on any atom is -0.331 e. The quantitative estimate of drug-likeness (QED) is 0.883. The van der Waals surface area contributed by atoms with Crippen molar-refractivity contribution in [3.05, 3.63) is 23.7 Å². The molecule has 1 saturated carbocycles. The summed E-state index contributed by atoms with van der Waals surface area (Å²) in [6.07, 6.45) is 7.65. The van der Waals surface area contributed by atoms with Crippen molar-refractivity contribution in [1.82, 2.24) is 15.1 Å². The Morgan fingerprint density at radius 1 is 1.33 bits per heavy atom. The fourth-order valence-electron chi connectivity index (χ4n) is 2.84. The van der Waals surface area contributed by atoms with Gasteiger partial charge in [0.05, 0.1) is 24.0 Å². The van der Waals surface area contributed by atoms with Gasteiger partial charge < -0.3 is 5.32 Å². The highest BCUT2D eigenvalue weighted by molar-refractivity contribution is 7.94. The summed E-state index contributed by atoms with van der Waals surface area (Å²) >= 11 is 0. The van der Waals surface area contributed by atoms with Crippen molar-refractivity contribution < 1.29 is 13.2 Å². The molecule has 114 valence electrons. The van der Waals surface area contributed by atoms with E-state index in [0.29, 0.717) is 11.9 Å². The van der Waals surface area contributed by atoms with Crippen molar-refractivity contribution in [3.63, 3.8) is 0 Å². The highest BCUT2D eigenvalue weighted by Crippen LogP contribution is 2.31. The van der Waals surface area contributed by atoms with Gasteiger partial charge in [-0.05, 0) is 18.9 Å². The normalized spacial score (nSPS) is 24.3. The molecule has 1 atom stereocenters. The Bertz CT molecular complexity index is 659. The van der Waals surface area contributed by atoms with Gasteiger partial charge in [-0.3, -0.25) is 5.32 Å². The van der Waals surface area contributed by atoms with Gasteiger partial charge in [-0.15, -0.1) is 0 Å². The zero-order valence-corrected chi connectivity index (χ0v) is 12.3. The minimum absolute atomic E-state index is 0.0810. The first-order chi connectivity index (χ1) is 10.0. The van der Waals surface area contributed by atoms with Crippen LogP contribution in [0.1, 0.15) is 31.7 Å².